The number of thiazole rings is 1. The highest BCUT2D eigenvalue weighted by atomic mass is 35.5. The van der Waals surface area contributed by atoms with E-state index in [9.17, 15) is 4.79 Å². The van der Waals surface area contributed by atoms with Gasteiger partial charge in [0.05, 0.1) is 12.2 Å². The van der Waals surface area contributed by atoms with Crippen LogP contribution in [0.25, 0.3) is 11.3 Å². The van der Waals surface area contributed by atoms with Crippen molar-refractivity contribution in [3.05, 3.63) is 39.2 Å². The van der Waals surface area contributed by atoms with E-state index in [0.717, 1.165) is 21.1 Å². The van der Waals surface area contributed by atoms with Gasteiger partial charge in [0.25, 0.3) is 0 Å². The normalized spacial score (nSPS) is 11.6. The van der Waals surface area contributed by atoms with Crippen LogP contribution in [0.15, 0.2) is 24.3 Å². The second kappa shape index (κ2) is 8.48. The van der Waals surface area contributed by atoms with Crippen LogP contribution in [0, 0.1) is 6.92 Å². The highest BCUT2D eigenvalue weighted by molar-refractivity contribution is 7.12. The third-order valence-corrected chi connectivity index (χ3v) is 4.13. The highest BCUT2D eigenvalue weighted by Gasteiger charge is 2.11. The molecule has 7 heteroatoms. The van der Waals surface area contributed by atoms with Gasteiger partial charge in [0.2, 0.25) is 5.91 Å². The molecule has 0 aliphatic heterocycles. The molecule has 0 aliphatic carbocycles. The monoisotopic (exact) mass is 359 g/mol. The number of nitrogens with one attached hydrogen (secondary N) is 1. The van der Waals surface area contributed by atoms with Crippen molar-refractivity contribution in [1.82, 2.24) is 10.3 Å². The summed E-state index contributed by atoms with van der Waals surface area (Å²) in [5, 5.41) is 4.43. The van der Waals surface area contributed by atoms with Gasteiger partial charge >= 0.3 is 0 Å². The van der Waals surface area contributed by atoms with Gasteiger partial charge in [-0.1, -0.05) is 23.7 Å². The molecule has 2 rings (SSSR count). The number of carbonyl (C=O) groups is 1. The molecular weight excluding hydrogens is 341 g/mol. The number of amides is 1. The quantitative estimate of drug-likeness (QED) is 0.857. The molecule has 1 aromatic carbocycles. The van der Waals surface area contributed by atoms with Gasteiger partial charge in [-0.2, -0.15) is 0 Å². The van der Waals surface area contributed by atoms with Crippen molar-refractivity contribution in [3.8, 4) is 11.3 Å². The summed E-state index contributed by atoms with van der Waals surface area (Å²) in [7, 11) is 0. The largest absolute Gasteiger partial charge is 0.350 e. The number of carbonyl (C=O) groups excluding carboxylic acids is 1. The zero-order valence-electron chi connectivity index (χ0n) is 12.4. The minimum atomic E-state index is -0.132. The Morgan fingerprint density at radius 3 is 2.64 bits per heavy atom. The number of rotatable bonds is 5. The first kappa shape index (κ1) is 18.9. The molecule has 1 atom stereocenters. The fraction of sp³-hybridized carbons (Fsp3) is 0.333. The molecule has 1 unspecified atom stereocenters. The fourth-order valence-corrected chi connectivity index (χ4v) is 2.96. The lowest BCUT2D eigenvalue weighted by molar-refractivity contribution is -0.121. The topological polar surface area (TPSA) is 68.0 Å². The zero-order chi connectivity index (χ0) is 15.4. The van der Waals surface area contributed by atoms with E-state index >= 15 is 0 Å². The minimum absolute atomic E-state index is 0. The molecule has 0 saturated heterocycles. The maximum atomic E-state index is 11.6. The molecule has 2 aromatic rings. The first-order chi connectivity index (χ1) is 9.95. The van der Waals surface area contributed by atoms with Crippen LogP contribution in [-0.2, 0) is 11.3 Å². The van der Waals surface area contributed by atoms with Crippen LogP contribution < -0.4 is 11.1 Å². The number of halogens is 2. The van der Waals surface area contributed by atoms with Gasteiger partial charge in [-0.05, 0) is 26.0 Å². The van der Waals surface area contributed by atoms with E-state index in [1.807, 2.05) is 38.1 Å². The van der Waals surface area contributed by atoms with E-state index < -0.39 is 0 Å². The van der Waals surface area contributed by atoms with Gasteiger partial charge in [-0.15, -0.1) is 23.7 Å². The Morgan fingerprint density at radius 1 is 1.41 bits per heavy atom. The first-order valence-electron chi connectivity index (χ1n) is 6.70. The number of hydrogen-bond donors (Lipinski definition) is 2. The van der Waals surface area contributed by atoms with Crippen molar-refractivity contribution in [3.63, 3.8) is 0 Å². The van der Waals surface area contributed by atoms with Crippen LogP contribution >= 0.6 is 35.3 Å². The second-order valence-corrected chi connectivity index (χ2v) is 6.70. The van der Waals surface area contributed by atoms with E-state index in [1.54, 1.807) is 11.3 Å². The molecular formula is C15H19Cl2N3OS. The number of hydrogen-bond acceptors (Lipinski definition) is 4. The van der Waals surface area contributed by atoms with Gasteiger partial charge in [0.1, 0.15) is 5.01 Å². The van der Waals surface area contributed by atoms with Gasteiger partial charge in [0.15, 0.2) is 0 Å². The van der Waals surface area contributed by atoms with Crippen LogP contribution in [0.5, 0.6) is 0 Å². The van der Waals surface area contributed by atoms with Crippen molar-refractivity contribution in [2.45, 2.75) is 32.9 Å². The van der Waals surface area contributed by atoms with E-state index in [4.69, 9.17) is 17.3 Å². The number of benzene rings is 1. The molecule has 0 fully saturated rings. The van der Waals surface area contributed by atoms with E-state index in [-0.39, 0.29) is 24.4 Å². The number of nitrogens with zero attached hydrogens (tertiary/aromatic N) is 1. The maximum absolute atomic E-state index is 11.6. The third-order valence-electron chi connectivity index (χ3n) is 2.90. The summed E-state index contributed by atoms with van der Waals surface area (Å²) in [4.78, 5) is 17.3. The predicted molar refractivity (Wildman–Crippen MR) is 94.7 cm³/mol. The van der Waals surface area contributed by atoms with Crippen molar-refractivity contribution in [2.75, 3.05) is 0 Å². The average Bonchev–Trinajstić information content (AvgIpc) is 2.78. The Balaban J connectivity index is 0.00000242. The molecule has 0 radical (unpaired) electrons. The molecule has 0 aliphatic rings. The SMILES string of the molecule is Cc1sc(CNC(=O)CC(C)N)nc1-c1ccc(Cl)cc1.Cl. The summed E-state index contributed by atoms with van der Waals surface area (Å²) in [5.41, 5.74) is 7.56. The van der Waals surface area contributed by atoms with Crippen molar-refractivity contribution in [2.24, 2.45) is 5.73 Å². The Morgan fingerprint density at radius 2 is 2.05 bits per heavy atom. The van der Waals surface area contributed by atoms with E-state index in [2.05, 4.69) is 10.3 Å². The predicted octanol–water partition coefficient (Wildman–Crippen LogP) is 3.55. The van der Waals surface area contributed by atoms with E-state index in [1.165, 1.54) is 0 Å². The summed E-state index contributed by atoms with van der Waals surface area (Å²) >= 11 is 7.48. The number of aromatic nitrogens is 1. The number of aryl methyl sites for hydroxylation is 1. The summed E-state index contributed by atoms with van der Waals surface area (Å²) in [6.07, 6.45) is 0.328. The maximum Gasteiger partial charge on any atom is 0.221 e. The minimum Gasteiger partial charge on any atom is -0.350 e. The molecule has 4 nitrogen and oxygen atoms in total. The standard InChI is InChI=1S/C15H18ClN3OS.ClH/c1-9(17)7-13(20)18-8-14-19-15(10(2)21-14)11-3-5-12(16)6-4-11;/h3-6,9H,7-8,17H2,1-2H3,(H,18,20);1H. The first-order valence-corrected chi connectivity index (χ1v) is 7.89. The van der Waals surface area contributed by atoms with Crippen molar-refractivity contribution in [1.29, 1.82) is 0 Å². The van der Waals surface area contributed by atoms with Gasteiger partial charge in [0, 0.05) is 27.9 Å². The molecule has 3 N–H and O–H groups in total. The van der Waals surface area contributed by atoms with Crippen LogP contribution in [0.2, 0.25) is 5.02 Å². The van der Waals surface area contributed by atoms with E-state index in [0.29, 0.717) is 18.0 Å². The van der Waals surface area contributed by atoms with Gasteiger partial charge < -0.3 is 11.1 Å². The molecule has 1 heterocycles. The Bertz CT molecular complexity index is 626. The molecule has 1 aromatic heterocycles. The number of nitrogens with two attached hydrogens (primary N) is 1. The smallest absolute Gasteiger partial charge is 0.221 e. The summed E-state index contributed by atoms with van der Waals surface area (Å²) in [6.45, 7) is 4.27. The third kappa shape index (κ3) is 5.25. The van der Waals surface area contributed by atoms with Gasteiger partial charge in [-0.25, -0.2) is 4.98 Å². The van der Waals surface area contributed by atoms with Crippen LogP contribution in [0.1, 0.15) is 23.2 Å². The second-order valence-electron chi connectivity index (χ2n) is 4.98. The average molecular weight is 360 g/mol. The Labute approximate surface area is 145 Å². The highest BCUT2D eigenvalue weighted by Crippen LogP contribution is 2.28. The molecule has 22 heavy (non-hydrogen) atoms. The Kier molecular flexibility index (Phi) is 7.29. The molecule has 1 amide bonds. The summed E-state index contributed by atoms with van der Waals surface area (Å²) < 4.78 is 0. The molecule has 0 spiro atoms. The van der Waals surface area contributed by atoms with Crippen LogP contribution in [0.4, 0.5) is 0 Å². The lowest BCUT2D eigenvalue weighted by Gasteiger charge is -2.05. The Hall–Kier alpha value is -1.14. The molecule has 120 valence electrons. The summed E-state index contributed by atoms with van der Waals surface area (Å²) in [5.74, 6) is -0.0501. The summed E-state index contributed by atoms with van der Waals surface area (Å²) in [6, 6.07) is 7.46. The van der Waals surface area contributed by atoms with Crippen LogP contribution in [-0.4, -0.2) is 16.9 Å². The lowest BCUT2D eigenvalue weighted by Crippen LogP contribution is -2.29. The fourth-order valence-electron chi connectivity index (χ4n) is 1.94. The zero-order valence-corrected chi connectivity index (χ0v) is 14.8. The van der Waals surface area contributed by atoms with Crippen LogP contribution in [0.3, 0.4) is 0 Å². The lowest BCUT2D eigenvalue weighted by atomic mass is 10.1. The van der Waals surface area contributed by atoms with Crippen molar-refractivity contribution < 1.29 is 4.79 Å². The van der Waals surface area contributed by atoms with Gasteiger partial charge in [-0.3, -0.25) is 4.79 Å². The molecule has 0 bridgehead atoms. The van der Waals surface area contributed by atoms with Crippen molar-refractivity contribution >= 4 is 41.3 Å². The molecule has 0 saturated carbocycles.